The minimum Gasteiger partial charge on any atom is -0.408 e. The van der Waals surface area contributed by atoms with Crippen molar-refractivity contribution >= 4 is 52.4 Å². The van der Waals surface area contributed by atoms with Crippen LogP contribution in [-0.2, 0) is 9.22 Å². The van der Waals surface area contributed by atoms with Gasteiger partial charge in [0, 0.05) is 0 Å². The summed E-state index contributed by atoms with van der Waals surface area (Å²) in [5.41, 5.74) is 0.682. The fourth-order valence-corrected chi connectivity index (χ4v) is 6.36. The van der Waals surface area contributed by atoms with Crippen molar-refractivity contribution < 1.29 is 9.22 Å². The van der Waals surface area contributed by atoms with Crippen molar-refractivity contribution in [3.63, 3.8) is 0 Å². The van der Waals surface area contributed by atoms with Gasteiger partial charge in [-0.3, -0.25) is 4.79 Å². The summed E-state index contributed by atoms with van der Waals surface area (Å²) in [5, 5.41) is 3.82. The Hall–Kier alpha value is -0.689. The van der Waals surface area contributed by atoms with E-state index in [1.54, 1.807) is 17.5 Å². The summed E-state index contributed by atoms with van der Waals surface area (Å²) in [5.74, 6) is 0.546. The number of amides is 1. The van der Waals surface area contributed by atoms with Crippen molar-refractivity contribution in [1.82, 2.24) is 9.97 Å². The predicted octanol–water partition coefficient (Wildman–Crippen LogP) is 4.44. The summed E-state index contributed by atoms with van der Waals surface area (Å²) >= 11 is 1.75. The largest absolute Gasteiger partial charge is 0.408 e. The molecule has 0 aliphatic rings. The molecule has 0 spiro atoms. The monoisotopic (exact) mass is 416 g/mol. The van der Waals surface area contributed by atoms with Gasteiger partial charge in [-0.2, -0.15) is 0 Å². The van der Waals surface area contributed by atoms with Gasteiger partial charge in [-0.25, -0.2) is 9.97 Å². The van der Waals surface area contributed by atoms with Gasteiger partial charge >= 0.3 is 0 Å². The lowest BCUT2D eigenvalue weighted by Gasteiger charge is -2.24. The number of anilines is 2. The lowest BCUT2D eigenvalue weighted by atomic mass is 10.4. The van der Waals surface area contributed by atoms with Crippen LogP contribution in [0.5, 0.6) is 0 Å². The van der Waals surface area contributed by atoms with E-state index in [9.17, 15) is 4.79 Å². The lowest BCUT2D eigenvalue weighted by molar-refractivity contribution is -0.118. The Balaban J connectivity index is 3.11. The van der Waals surface area contributed by atoms with Crippen LogP contribution in [0.4, 0.5) is 11.5 Å². The predicted molar refractivity (Wildman–Crippen MR) is 116 cm³/mol. The molecule has 0 unspecified atom stereocenters. The van der Waals surface area contributed by atoms with Gasteiger partial charge in [0.1, 0.15) is 44.9 Å². The van der Waals surface area contributed by atoms with Crippen molar-refractivity contribution in [3.05, 3.63) is 6.33 Å². The lowest BCUT2D eigenvalue weighted by Crippen LogP contribution is -2.34. The van der Waals surface area contributed by atoms with Crippen LogP contribution in [0.2, 0.25) is 58.9 Å². The standard InChI is InChI=1S/C15H32N4O2SSi3/c1-23(2,3)19-14-13(18-12(20)10-21-24(4,5)6)15(17-11-16-14)22-25(7,8)9/h11H,10H2,1-9H3,(H,18,20)(H,16,17,19). The number of aromatic nitrogens is 2. The molecule has 0 radical (unpaired) electrons. The fraction of sp³-hybridized carbons (Fsp3) is 0.667. The Labute approximate surface area is 158 Å². The molecule has 0 saturated heterocycles. The molecular weight excluding hydrogens is 385 g/mol. The van der Waals surface area contributed by atoms with Crippen LogP contribution in [-0.4, -0.2) is 46.3 Å². The van der Waals surface area contributed by atoms with E-state index >= 15 is 0 Å². The second-order valence-electron chi connectivity index (χ2n) is 8.94. The van der Waals surface area contributed by atoms with Gasteiger partial charge in [0.25, 0.3) is 0 Å². The van der Waals surface area contributed by atoms with Crippen molar-refractivity contribution in [2.24, 2.45) is 0 Å². The molecule has 0 atom stereocenters. The van der Waals surface area contributed by atoms with Crippen LogP contribution in [0.3, 0.4) is 0 Å². The van der Waals surface area contributed by atoms with E-state index in [0.717, 1.165) is 5.03 Å². The number of nitrogens with zero attached hydrogens (tertiary/aromatic N) is 2. The van der Waals surface area contributed by atoms with Crippen LogP contribution in [0, 0.1) is 0 Å². The van der Waals surface area contributed by atoms with Crippen molar-refractivity contribution in [3.8, 4) is 0 Å². The quantitative estimate of drug-likeness (QED) is 0.482. The molecule has 1 rings (SSSR count). The Bertz CT molecular complexity index is 576. The van der Waals surface area contributed by atoms with Gasteiger partial charge in [0.2, 0.25) is 5.91 Å². The van der Waals surface area contributed by atoms with Gasteiger partial charge in [0.05, 0.1) is 0 Å². The molecular formula is C15H32N4O2SSi3. The Kier molecular flexibility index (Phi) is 7.45. The SMILES string of the molecule is C[Si](C)(C)Nc1ncnc(S[Si](C)(C)C)c1NC(=O)CO[Si](C)(C)C. The van der Waals surface area contributed by atoms with Crippen LogP contribution >= 0.6 is 11.2 Å². The molecule has 0 fully saturated rings. The highest BCUT2D eigenvalue weighted by Crippen LogP contribution is 2.36. The molecule has 6 nitrogen and oxygen atoms in total. The van der Waals surface area contributed by atoms with E-state index in [1.807, 2.05) is 0 Å². The normalized spacial score (nSPS) is 12.8. The number of hydrogen-bond donors (Lipinski definition) is 2. The van der Waals surface area contributed by atoms with Gasteiger partial charge < -0.3 is 14.7 Å². The third-order valence-electron chi connectivity index (χ3n) is 2.61. The van der Waals surface area contributed by atoms with E-state index < -0.39 is 23.8 Å². The minimum atomic E-state index is -1.74. The van der Waals surface area contributed by atoms with Gasteiger partial charge in [0.15, 0.2) is 8.32 Å². The number of hydrogen-bond acceptors (Lipinski definition) is 6. The summed E-state index contributed by atoms with van der Waals surface area (Å²) < 4.78 is 5.72. The van der Waals surface area contributed by atoms with Crippen molar-refractivity contribution in [2.45, 2.75) is 63.9 Å². The first-order valence-electron chi connectivity index (χ1n) is 8.42. The molecule has 10 heteroatoms. The molecule has 0 bridgehead atoms. The van der Waals surface area contributed by atoms with Gasteiger partial charge in [-0.1, -0.05) is 39.3 Å². The molecule has 0 aliphatic heterocycles. The Morgan fingerprint density at radius 2 is 1.68 bits per heavy atom. The van der Waals surface area contributed by atoms with Gasteiger partial charge in [-0.15, -0.1) is 11.2 Å². The number of nitrogens with one attached hydrogen (secondary N) is 2. The molecule has 1 aromatic heterocycles. The summed E-state index contributed by atoms with van der Waals surface area (Å²) in [6, 6.07) is 0. The molecule has 1 heterocycles. The highest BCUT2D eigenvalue weighted by atomic mass is 32.4. The third-order valence-corrected chi connectivity index (χ3v) is 8.14. The van der Waals surface area contributed by atoms with Gasteiger partial charge in [-0.05, 0) is 19.6 Å². The average Bonchev–Trinajstić information content (AvgIpc) is 2.36. The number of rotatable bonds is 8. The molecule has 0 saturated carbocycles. The average molecular weight is 417 g/mol. The van der Waals surface area contributed by atoms with Crippen molar-refractivity contribution in [1.29, 1.82) is 0 Å². The molecule has 25 heavy (non-hydrogen) atoms. The van der Waals surface area contributed by atoms with Crippen molar-refractivity contribution in [2.75, 3.05) is 16.9 Å². The summed E-state index contributed by atoms with van der Waals surface area (Å²) in [6.45, 7) is 19.6. The molecule has 142 valence electrons. The van der Waals surface area contributed by atoms with E-state index in [1.165, 1.54) is 0 Å². The first-order valence-corrected chi connectivity index (χ1v) is 20.4. The minimum absolute atomic E-state index is 0.0635. The molecule has 1 aromatic rings. The molecule has 2 N–H and O–H groups in total. The van der Waals surface area contributed by atoms with Crippen LogP contribution in [0.25, 0.3) is 0 Å². The molecule has 0 aliphatic carbocycles. The summed E-state index contributed by atoms with van der Waals surface area (Å²) in [6.07, 6.45) is 1.57. The summed E-state index contributed by atoms with van der Waals surface area (Å²) in [7, 11) is -4.84. The van der Waals surface area contributed by atoms with E-state index in [-0.39, 0.29) is 12.5 Å². The maximum Gasteiger partial charge on any atom is 0.249 e. The highest BCUT2D eigenvalue weighted by molar-refractivity contribution is 8.28. The van der Waals surface area contributed by atoms with Crippen LogP contribution in [0.1, 0.15) is 0 Å². The first kappa shape index (κ1) is 22.4. The highest BCUT2D eigenvalue weighted by Gasteiger charge is 2.25. The Morgan fingerprint density at radius 3 is 2.16 bits per heavy atom. The fourth-order valence-electron chi connectivity index (χ4n) is 1.76. The zero-order valence-corrected chi connectivity index (χ0v) is 20.7. The van der Waals surface area contributed by atoms with Crippen LogP contribution < -0.4 is 10.3 Å². The zero-order valence-electron chi connectivity index (χ0n) is 16.9. The zero-order chi connectivity index (χ0) is 19.5. The van der Waals surface area contributed by atoms with E-state index in [4.69, 9.17) is 4.43 Å². The topological polar surface area (TPSA) is 76.1 Å². The number of carbonyl (C=O) groups is 1. The smallest absolute Gasteiger partial charge is 0.249 e. The Morgan fingerprint density at radius 1 is 1.08 bits per heavy atom. The number of carbonyl (C=O) groups excluding carboxylic acids is 1. The van der Waals surface area contributed by atoms with Crippen LogP contribution in [0.15, 0.2) is 11.4 Å². The maximum atomic E-state index is 12.4. The molecule has 1 amide bonds. The maximum absolute atomic E-state index is 12.4. The third kappa shape index (κ3) is 9.54. The van der Waals surface area contributed by atoms with E-state index in [0.29, 0.717) is 11.5 Å². The summed E-state index contributed by atoms with van der Waals surface area (Å²) in [4.78, 5) is 24.7. The van der Waals surface area contributed by atoms with E-state index in [2.05, 4.69) is 79.2 Å². The second kappa shape index (κ2) is 8.34. The first-order chi connectivity index (χ1) is 11.2. The molecule has 0 aromatic carbocycles. The second-order valence-corrected chi connectivity index (χ2v) is 27.3.